The number of carbonyl (C=O) groups excluding carboxylic acids is 2. The fourth-order valence-corrected chi connectivity index (χ4v) is 3.36. The van der Waals surface area contributed by atoms with Crippen LogP contribution in [0.15, 0.2) is 5.16 Å². The number of hydrogen-bond acceptors (Lipinski definition) is 5. The van der Waals surface area contributed by atoms with Crippen molar-refractivity contribution in [3.8, 4) is 0 Å². The first-order valence-corrected chi connectivity index (χ1v) is 9.53. The highest BCUT2D eigenvalue weighted by Gasteiger charge is 2.37. The Hall–Kier alpha value is -1.57. The molecule has 8 heteroatoms. The normalized spacial score (nSPS) is 18.5. The molecule has 1 unspecified atom stereocenters. The number of carbonyl (C=O) groups is 2. The fourth-order valence-electron chi connectivity index (χ4n) is 2.43. The Kier molecular flexibility index (Phi) is 5.12. The number of urea groups is 1. The van der Waals surface area contributed by atoms with Crippen molar-refractivity contribution < 1.29 is 9.59 Å². The van der Waals surface area contributed by atoms with E-state index < -0.39 is 11.3 Å². The van der Waals surface area contributed by atoms with Crippen LogP contribution < -0.4 is 10.6 Å². The Labute approximate surface area is 146 Å². The van der Waals surface area contributed by atoms with E-state index in [-0.39, 0.29) is 5.91 Å². The predicted octanol–water partition coefficient (Wildman–Crippen LogP) is 2.45. The molecule has 1 heterocycles. The van der Waals surface area contributed by atoms with Gasteiger partial charge in [0.2, 0.25) is 5.91 Å². The lowest BCUT2D eigenvalue weighted by atomic mass is 10.2. The molecular weight excluding hydrogens is 326 g/mol. The Morgan fingerprint density at radius 1 is 1.21 bits per heavy atom. The van der Waals surface area contributed by atoms with Gasteiger partial charge in [-0.25, -0.2) is 4.79 Å². The largest absolute Gasteiger partial charge is 0.338 e. The van der Waals surface area contributed by atoms with Crippen LogP contribution >= 0.6 is 11.8 Å². The molecule has 2 saturated carbocycles. The molecule has 2 fully saturated rings. The molecule has 0 saturated heterocycles. The monoisotopic (exact) mass is 351 g/mol. The highest BCUT2D eigenvalue weighted by atomic mass is 32.2. The van der Waals surface area contributed by atoms with E-state index in [2.05, 4.69) is 25.4 Å². The molecule has 132 valence electrons. The van der Waals surface area contributed by atoms with E-state index in [0.717, 1.165) is 23.8 Å². The average molecular weight is 351 g/mol. The molecule has 0 aliphatic heterocycles. The van der Waals surface area contributed by atoms with Crippen molar-refractivity contribution in [1.29, 1.82) is 0 Å². The molecule has 1 aromatic rings. The molecular formula is C16H25N5O2S. The molecule has 7 nitrogen and oxygen atoms in total. The van der Waals surface area contributed by atoms with E-state index in [1.165, 1.54) is 24.6 Å². The van der Waals surface area contributed by atoms with Crippen LogP contribution in [0.1, 0.15) is 64.2 Å². The number of nitrogens with zero attached hydrogens (tertiary/aromatic N) is 3. The average Bonchev–Trinajstić information content (AvgIpc) is 3.44. The molecule has 0 bridgehead atoms. The van der Waals surface area contributed by atoms with Gasteiger partial charge >= 0.3 is 6.03 Å². The minimum absolute atomic E-state index is 0.306. The quantitative estimate of drug-likeness (QED) is 0.737. The summed E-state index contributed by atoms with van der Waals surface area (Å²) in [6, 6.07) is 0.0474. The van der Waals surface area contributed by atoms with Crippen molar-refractivity contribution in [2.45, 2.75) is 68.8 Å². The second-order valence-electron chi connectivity index (χ2n) is 7.07. The minimum atomic E-state index is -0.441. The highest BCUT2D eigenvalue weighted by Crippen LogP contribution is 2.46. The maximum Gasteiger partial charge on any atom is 0.321 e. The van der Waals surface area contributed by atoms with Crippen LogP contribution in [0.2, 0.25) is 0 Å². The summed E-state index contributed by atoms with van der Waals surface area (Å²) in [5.41, 5.74) is 0. The van der Waals surface area contributed by atoms with Gasteiger partial charge < -0.3 is 9.88 Å². The van der Waals surface area contributed by atoms with Crippen LogP contribution in [0, 0.1) is 5.92 Å². The summed E-state index contributed by atoms with van der Waals surface area (Å²) in [6.45, 7) is 6.34. The molecule has 24 heavy (non-hydrogen) atoms. The van der Waals surface area contributed by atoms with Gasteiger partial charge in [-0.05, 0) is 38.5 Å². The smallest absolute Gasteiger partial charge is 0.321 e. The maximum atomic E-state index is 12.2. The second kappa shape index (κ2) is 7.13. The third-order valence-electron chi connectivity index (χ3n) is 4.10. The standard InChI is InChI=1S/C16H25N5O2S/c1-9(2)8-17-15(23)18-14(22)10(3)24-16-20-19-13(11-4-5-11)21(16)12-6-7-12/h9-12H,4-8H2,1-3H3,(H2,17,18,22,23). The van der Waals surface area contributed by atoms with Gasteiger partial charge in [-0.2, -0.15) is 0 Å². The first-order valence-electron chi connectivity index (χ1n) is 8.65. The van der Waals surface area contributed by atoms with Gasteiger partial charge in [0.1, 0.15) is 5.82 Å². The summed E-state index contributed by atoms with van der Waals surface area (Å²) in [7, 11) is 0. The van der Waals surface area contributed by atoms with Crippen molar-refractivity contribution >= 4 is 23.7 Å². The van der Waals surface area contributed by atoms with Crippen LogP contribution in [0.25, 0.3) is 0 Å². The zero-order chi connectivity index (χ0) is 17.3. The van der Waals surface area contributed by atoms with Crippen molar-refractivity contribution in [3.05, 3.63) is 5.82 Å². The minimum Gasteiger partial charge on any atom is -0.338 e. The van der Waals surface area contributed by atoms with E-state index >= 15 is 0 Å². The van der Waals surface area contributed by atoms with Gasteiger partial charge in [-0.1, -0.05) is 25.6 Å². The van der Waals surface area contributed by atoms with Gasteiger partial charge in [-0.15, -0.1) is 10.2 Å². The van der Waals surface area contributed by atoms with Gasteiger partial charge in [-0.3, -0.25) is 10.1 Å². The third kappa shape index (κ3) is 4.28. The first-order chi connectivity index (χ1) is 11.5. The number of thioether (sulfide) groups is 1. The molecule has 2 aliphatic rings. The molecule has 1 aromatic heterocycles. The summed E-state index contributed by atoms with van der Waals surface area (Å²) >= 11 is 1.38. The summed E-state index contributed by atoms with van der Waals surface area (Å²) in [6.07, 6.45) is 4.68. The number of nitrogens with one attached hydrogen (secondary N) is 2. The summed E-state index contributed by atoms with van der Waals surface area (Å²) < 4.78 is 2.21. The number of rotatable bonds is 7. The van der Waals surface area contributed by atoms with E-state index in [0.29, 0.717) is 24.4 Å². The lowest BCUT2D eigenvalue weighted by molar-refractivity contribution is -0.119. The lowest BCUT2D eigenvalue weighted by Crippen LogP contribution is -2.43. The van der Waals surface area contributed by atoms with E-state index in [9.17, 15) is 9.59 Å². The molecule has 0 spiro atoms. The van der Waals surface area contributed by atoms with Gasteiger partial charge in [0.25, 0.3) is 0 Å². The van der Waals surface area contributed by atoms with Crippen LogP contribution in [-0.2, 0) is 4.79 Å². The number of hydrogen-bond donors (Lipinski definition) is 2. The van der Waals surface area contributed by atoms with Crippen molar-refractivity contribution in [2.75, 3.05) is 6.54 Å². The van der Waals surface area contributed by atoms with Crippen LogP contribution in [0.5, 0.6) is 0 Å². The molecule has 0 radical (unpaired) electrons. The topological polar surface area (TPSA) is 88.9 Å². The van der Waals surface area contributed by atoms with Gasteiger partial charge in [0, 0.05) is 18.5 Å². The van der Waals surface area contributed by atoms with E-state index in [4.69, 9.17) is 0 Å². The maximum absolute atomic E-state index is 12.2. The molecule has 2 aliphatic carbocycles. The van der Waals surface area contributed by atoms with Gasteiger partial charge in [0.05, 0.1) is 5.25 Å². The molecule has 2 N–H and O–H groups in total. The fraction of sp³-hybridized carbons (Fsp3) is 0.750. The van der Waals surface area contributed by atoms with Gasteiger partial charge in [0.15, 0.2) is 5.16 Å². The molecule has 0 aromatic carbocycles. The second-order valence-corrected chi connectivity index (χ2v) is 8.38. The van der Waals surface area contributed by atoms with Crippen LogP contribution in [0.4, 0.5) is 4.79 Å². The van der Waals surface area contributed by atoms with Crippen LogP contribution in [0.3, 0.4) is 0 Å². The van der Waals surface area contributed by atoms with Crippen molar-refractivity contribution in [3.63, 3.8) is 0 Å². The number of amides is 3. The number of aromatic nitrogens is 3. The first kappa shape index (κ1) is 17.3. The van der Waals surface area contributed by atoms with E-state index in [1.807, 2.05) is 13.8 Å². The Balaban J connectivity index is 1.57. The Bertz CT molecular complexity index is 622. The molecule has 3 amide bonds. The summed E-state index contributed by atoms with van der Waals surface area (Å²) in [4.78, 5) is 23.9. The molecule has 3 rings (SSSR count). The third-order valence-corrected chi connectivity index (χ3v) is 5.16. The van der Waals surface area contributed by atoms with Crippen LogP contribution in [-0.4, -0.2) is 38.5 Å². The SMILES string of the molecule is CC(C)CNC(=O)NC(=O)C(C)Sc1nnc(C2CC2)n1C1CC1. The Morgan fingerprint density at radius 3 is 2.50 bits per heavy atom. The Morgan fingerprint density at radius 2 is 1.92 bits per heavy atom. The van der Waals surface area contributed by atoms with E-state index in [1.54, 1.807) is 6.92 Å². The number of imide groups is 1. The zero-order valence-electron chi connectivity index (χ0n) is 14.4. The summed E-state index contributed by atoms with van der Waals surface area (Å²) in [5, 5.41) is 14.1. The van der Waals surface area contributed by atoms with Crippen molar-refractivity contribution in [1.82, 2.24) is 25.4 Å². The lowest BCUT2D eigenvalue weighted by Gasteiger charge is -2.13. The highest BCUT2D eigenvalue weighted by molar-refractivity contribution is 8.00. The predicted molar refractivity (Wildman–Crippen MR) is 92.0 cm³/mol. The molecule has 1 atom stereocenters. The zero-order valence-corrected chi connectivity index (χ0v) is 15.2. The summed E-state index contributed by atoms with van der Waals surface area (Å²) in [5.74, 6) is 1.65. The van der Waals surface area contributed by atoms with Crippen molar-refractivity contribution in [2.24, 2.45) is 5.92 Å².